The Kier molecular flexibility index (Phi) is 5.82. The van der Waals surface area contributed by atoms with Crippen molar-refractivity contribution in [2.75, 3.05) is 0 Å². The number of halogens is 9. The van der Waals surface area contributed by atoms with Crippen LogP contribution in [0.1, 0.15) is 39.3 Å². The van der Waals surface area contributed by atoms with Crippen molar-refractivity contribution in [2.45, 2.75) is 24.4 Å². The molecule has 0 aliphatic carbocycles. The molecule has 0 aliphatic rings. The van der Waals surface area contributed by atoms with Gasteiger partial charge in [-0.2, -0.15) is 39.5 Å². The van der Waals surface area contributed by atoms with Crippen LogP contribution in [0.3, 0.4) is 0 Å². The molecular weight excluding hydrogens is 435 g/mol. The molecule has 0 bridgehead atoms. The highest BCUT2D eigenvalue weighted by atomic mass is 19.4. The number of benzene rings is 3. The van der Waals surface area contributed by atoms with Crippen molar-refractivity contribution in [3.05, 3.63) is 106 Å². The van der Waals surface area contributed by atoms with Crippen LogP contribution in [0.15, 0.2) is 72.8 Å². The molecule has 3 aromatic carbocycles. The van der Waals surface area contributed by atoms with Crippen molar-refractivity contribution < 1.29 is 39.5 Å². The smallest absolute Gasteiger partial charge is 0.166 e. The lowest BCUT2D eigenvalue weighted by Gasteiger charge is -2.22. The van der Waals surface area contributed by atoms with E-state index in [1.165, 1.54) is 18.2 Å². The van der Waals surface area contributed by atoms with Crippen LogP contribution >= 0.6 is 0 Å². The molecule has 0 aliphatic heterocycles. The normalized spacial score (nSPS) is 13.0. The zero-order valence-corrected chi connectivity index (χ0v) is 15.4. The average Bonchev–Trinajstić information content (AvgIpc) is 2.67. The van der Waals surface area contributed by atoms with E-state index in [1.54, 1.807) is 0 Å². The van der Waals surface area contributed by atoms with E-state index in [0.29, 0.717) is 0 Å². The van der Waals surface area contributed by atoms with Gasteiger partial charge in [0.25, 0.3) is 0 Å². The first kappa shape index (κ1) is 22.7. The quantitative estimate of drug-likeness (QED) is 0.282. The highest BCUT2D eigenvalue weighted by molar-refractivity contribution is 5.47. The second-order valence-corrected chi connectivity index (χ2v) is 6.80. The maximum Gasteiger partial charge on any atom is 0.416 e. The fourth-order valence-electron chi connectivity index (χ4n) is 3.26. The molecule has 0 atom stereocenters. The van der Waals surface area contributed by atoms with E-state index in [2.05, 4.69) is 0 Å². The monoisotopic (exact) mass is 448 g/mol. The van der Waals surface area contributed by atoms with Crippen molar-refractivity contribution in [3.63, 3.8) is 0 Å². The predicted molar refractivity (Wildman–Crippen MR) is 95.3 cm³/mol. The van der Waals surface area contributed by atoms with Crippen molar-refractivity contribution in [3.8, 4) is 0 Å². The molecule has 9 heteroatoms. The lowest BCUT2D eigenvalue weighted by molar-refractivity contribution is -0.138. The molecular formula is C22H13F9. The molecule has 0 fully saturated rings. The topological polar surface area (TPSA) is 0 Å². The van der Waals surface area contributed by atoms with Gasteiger partial charge in [0.05, 0.1) is 16.7 Å². The van der Waals surface area contributed by atoms with Gasteiger partial charge in [-0.25, -0.2) is 0 Å². The van der Waals surface area contributed by atoms with Crippen LogP contribution in [0.2, 0.25) is 0 Å². The maximum atomic E-state index is 13.2. The van der Waals surface area contributed by atoms with Gasteiger partial charge in [-0.05, 0) is 34.9 Å². The average molecular weight is 448 g/mol. The Bertz CT molecular complexity index is 923. The Morgan fingerprint density at radius 3 is 0.903 bits per heavy atom. The lowest BCUT2D eigenvalue weighted by atomic mass is 9.83. The second-order valence-electron chi connectivity index (χ2n) is 6.80. The molecule has 164 valence electrons. The van der Waals surface area contributed by atoms with Crippen LogP contribution in [-0.2, 0) is 18.5 Å². The molecule has 0 amide bonds. The fraction of sp³-hybridized carbons (Fsp3) is 0.182. The van der Waals surface area contributed by atoms with Gasteiger partial charge in [0, 0.05) is 5.92 Å². The maximum absolute atomic E-state index is 13.2. The van der Waals surface area contributed by atoms with E-state index in [-0.39, 0.29) is 16.7 Å². The summed E-state index contributed by atoms with van der Waals surface area (Å²) in [5.41, 5.74) is -3.45. The molecule has 3 rings (SSSR count). The summed E-state index contributed by atoms with van der Waals surface area (Å²) in [5.74, 6) is -1.29. The molecule has 0 saturated carbocycles. The van der Waals surface area contributed by atoms with Crippen LogP contribution in [0, 0.1) is 0 Å². The minimum absolute atomic E-state index is 0.0894. The van der Waals surface area contributed by atoms with Gasteiger partial charge in [0.15, 0.2) is 0 Å². The Balaban J connectivity index is 2.24. The fourth-order valence-corrected chi connectivity index (χ4v) is 3.26. The van der Waals surface area contributed by atoms with Gasteiger partial charge < -0.3 is 0 Å². The largest absolute Gasteiger partial charge is 0.416 e. The molecule has 0 radical (unpaired) electrons. The van der Waals surface area contributed by atoms with Gasteiger partial charge in [0.1, 0.15) is 0 Å². The summed E-state index contributed by atoms with van der Waals surface area (Å²) in [7, 11) is 0. The van der Waals surface area contributed by atoms with E-state index in [4.69, 9.17) is 0 Å². The van der Waals surface area contributed by atoms with Crippen molar-refractivity contribution in [1.29, 1.82) is 0 Å². The van der Waals surface area contributed by atoms with E-state index in [1.807, 2.05) is 0 Å². The van der Waals surface area contributed by atoms with E-state index >= 15 is 0 Å². The van der Waals surface area contributed by atoms with Crippen LogP contribution in [-0.4, -0.2) is 0 Å². The molecule has 0 saturated heterocycles. The first-order valence-electron chi connectivity index (χ1n) is 8.78. The van der Waals surface area contributed by atoms with E-state index in [0.717, 1.165) is 54.6 Å². The Morgan fingerprint density at radius 1 is 0.419 bits per heavy atom. The van der Waals surface area contributed by atoms with Gasteiger partial charge in [0.2, 0.25) is 0 Å². The van der Waals surface area contributed by atoms with Crippen LogP contribution < -0.4 is 0 Å². The second kappa shape index (κ2) is 7.94. The Labute approximate surface area is 170 Å². The van der Waals surface area contributed by atoms with Crippen molar-refractivity contribution in [1.82, 2.24) is 0 Å². The molecule has 0 N–H and O–H groups in total. The molecule has 31 heavy (non-hydrogen) atoms. The first-order chi connectivity index (χ1) is 14.3. The highest BCUT2D eigenvalue weighted by Gasteiger charge is 2.35. The Morgan fingerprint density at radius 2 is 0.677 bits per heavy atom. The summed E-state index contributed by atoms with van der Waals surface area (Å²) in [5, 5.41) is 0. The molecule has 0 unspecified atom stereocenters. The zero-order valence-electron chi connectivity index (χ0n) is 15.4. The van der Waals surface area contributed by atoms with Crippen LogP contribution in [0.5, 0.6) is 0 Å². The summed E-state index contributed by atoms with van der Waals surface area (Å²) in [6, 6.07) is 11.4. The molecule has 0 spiro atoms. The minimum atomic E-state index is -4.73. The minimum Gasteiger partial charge on any atom is -0.166 e. The van der Waals surface area contributed by atoms with E-state index in [9.17, 15) is 39.5 Å². The van der Waals surface area contributed by atoms with Crippen LogP contribution in [0.4, 0.5) is 39.5 Å². The molecule has 0 heterocycles. The van der Waals surface area contributed by atoms with Crippen molar-refractivity contribution in [2.24, 2.45) is 0 Å². The SMILES string of the molecule is FC(F)(F)c1cccc(C(c2cccc(C(F)(F)F)c2)c2cccc(C(F)(F)F)c2)c1. The third-order valence-electron chi connectivity index (χ3n) is 4.64. The summed E-state index contributed by atoms with van der Waals surface area (Å²) in [6.07, 6.45) is -14.2. The standard InChI is InChI=1S/C22H13F9/c23-20(24,25)16-7-1-4-13(10-16)19(14-5-2-8-17(11-14)21(26,27)28)15-6-3-9-18(12-15)22(29,30)31/h1-12,19H. The number of hydrogen-bond donors (Lipinski definition) is 0. The summed E-state index contributed by atoms with van der Waals surface area (Å²) < 4.78 is 119. The molecule has 0 nitrogen and oxygen atoms in total. The summed E-state index contributed by atoms with van der Waals surface area (Å²) in [4.78, 5) is 0. The predicted octanol–water partition coefficient (Wildman–Crippen LogP) is 7.92. The van der Waals surface area contributed by atoms with Gasteiger partial charge >= 0.3 is 18.5 Å². The number of rotatable bonds is 3. The number of alkyl halides is 9. The summed E-state index contributed by atoms with van der Waals surface area (Å²) in [6.45, 7) is 0. The Hall–Kier alpha value is -2.97. The molecule has 0 aromatic heterocycles. The number of hydrogen-bond acceptors (Lipinski definition) is 0. The zero-order chi connectivity index (χ0) is 23.0. The van der Waals surface area contributed by atoms with E-state index < -0.39 is 41.1 Å². The highest BCUT2D eigenvalue weighted by Crippen LogP contribution is 2.40. The molecule has 3 aromatic rings. The first-order valence-corrected chi connectivity index (χ1v) is 8.78. The van der Waals surface area contributed by atoms with Gasteiger partial charge in [-0.15, -0.1) is 0 Å². The third-order valence-corrected chi connectivity index (χ3v) is 4.64. The van der Waals surface area contributed by atoms with Gasteiger partial charge in [-0.3, -0.25) is 0 Å². The third kappa shape index (κ3) is 5.21. The lowest BCUT2D eigenvalue weighted by Crippen LogP contribution is -2.12. The van der Waals surface area contributed by atoms with Crippen molar-refractivity contribution >= 4 is 0 Å². The van der Waals surface area contributed by atoms with Crippen LogP contribution in [0.25, 0.3) is 0 Å². The van der Waals surface area contributed by atoms with Gasteiger partial charge in [-0.1, -0.05) is 54.6 Å². The summed E-state index contributed by atoms with van der Waals surface area (Å²) >= 11 is 0.